The molecule has 0 saturated carbocycles. The average molecular weight is 508 g/mol. The topological polar surface area (TPSA) is 66.8 Å². The number of nitrogens with zero attached hydrogens (tertiary/aromatic N) is 1. The fourth-order valence-electron chi connectivity index (χ4n) is 3.61. The maximum Gasteiger partial charge on any atom is 0.328 e. The van der Waals surface area contributed by atoms with Gasteiger partial charge in [0.05, 0.1) is 21.7 Å². The summed E-state index contributed by atoms with van der Waals surface area (Å²) in [4.78, 5) is 27.4. The van der Waals surface area contributed by atoms with Crippen molar-refractivity contribution in [1.29, 1.82) is 0 Å². The van der Waals surface area contributed by atoms with E-state index in [1.807, 2.05) is 51.1 Å². The van der Waals surface area contributed by atoms with Crippen LogP contribution in [0.25, 0.3) is 6.08 Å². The molecule has 1 fully saturated rings. The second kappa shape index (κ2) is 10.9. The van der Waals surface area contributed by atoms with Crippen LogP contribution in [-0.4, -0.2) is 35.7 Å². The Morgan fingerprint density at radius 1 is 1.12 bits per heavy atom. The van der Waals surface area contributed by atoms with Gasteiger partial charge in [0.25, 0.3) is 0 Å². The SMILES string of the molecule is CC(C)(C)OC(=O)C1CCCN(c2ccccc2Sc2ccc(/C=C/C(=O)O)c(Cl)c2Cl)C1. The normalized spacial score (nSPS) is 16.8. The number of hydrogen-bond acceptors (Lipinski definition) is 5. The molecule has 0 aromatic heterocycles. The number of aliphatic carboxylic acids is 1. The van der Waals surface area contributed by atoms with E-state index in [4.69, 9.17) is 33.0 Å². The smallest absolute Gasteiger partial charge is 0.328 e. The zero-order valence-corrected chi connectivity index (χ0v) is 21.1. The summed E-state index contributed by atoms with van der Waals surface area (Å²) in [5, 5.41) is 9.52. The number of carbonyl (C=O) groups excluding carboxylic acids is 1. The van der Waals surface area contributed by atoms with Gasteiger partial charge in [-0.15, -0.1) is 0 Å². The minimum absolute atomic E-state index is 0.155. The molecule has 1 heterocycles. The number of benzene rings is 2. The number of hydrogen-bond donors (Lipinski definition) is 1. The number of piperidine rings is 1. The Morgan fingerprint density at radius 3 is 2.55 bits per heavy atom. The number of esters is 1. The molecule has 1 saturated heterocycles. The highest BCUT2D eigenvalue weighted by molar-refractivity contribution is 7.99. The summed E-state index contributed by atoms with van der Waals surface area (Å²) in [6, 6.07) is 11.6. The monoisotopic (exact) mass is 507 g/mol. The molecule has 0 aliphatic carbocycles. The number of carboxylic acids is 1. The van der Waals surface area contributed by atoms with Gasteiger partial charge in [-0.3, -0.25) is 4.79 Å². The largest absolute Gasteiger partial charge is 0.478 e. The third-order valence-electron chi connectivity index (χ3n) is 5.07. The minimum atomic E-state index is -1.05. The highest BCUT2D eigenvalue weighted by Gasteiger charge is 2.30. The van der Waals surface area contributed by atoms with E-state index < -0.39 is 11.6 Å². The highest BCUT2D eigenvalue weighted by Crippen LogP contribution is 2.43. The maximum atomic E-state index is 12.6. The van der Waals surface area contributed by atoms with Crippen LogP contribution in [-0.2, 0) is 14.3 Å². The molecule has 0 bridgehead atoms. The molecule has 2 aromatic rings. The summed E-state index contributed by atoms with van der Waals surface area (Å²) in [5.74, 6) is -1.38. The molecule has 8 heteroatoms. The number of rotatable bonds is 6. The van der Waals surface area contributed by atoms with Gasteiger partial charge in [0.1, 0.15) is 5.60 Å². The average Bonchev–Trinajstić information content (AvgIpc) is 2.75. The zero-order valence-electron chi connectivity index (χ0n) is 18.8. The third-order valence-corrected chi connectivity index (χ3v) is 7.20. The molecule has 0 spiro atoms. The van der Waals surface area contributed by atoms with Crippen molar-refractivity contribution < 1.29 is 19.4 Å². The number of carbonyl (C=O) groups is 2. The van der Waals surface area contributed by atoms with Crippen molar-refractivity contribution in [3.05, 3.63) is 58.1 Å². The Kier molecular flexibility index (Phi) is 8.38. The van der Waals surface area contributed by atoms with E-state index in [1.165, 1.54) is 17.8 Å². The molecular weight excluding hydrogens is 481 g/mol. The summed E-state index contributed by atoms with van der Waals surface area (Å²) < 4.78 is 5.62. The van der Waals surface area contributed by atoms with Crippen LogP contribution in [0.1, 0.15) is 39.2 Å². The quantitative estimate of drug-likeness (QED) is 0.342. The molecule has 0 radical (unpaired) electrons. The van der Waals surface area contributed by atoms with Crippen molar-refractivity contribution in [2.45, 2.75) is 49.0 Å². The highest BCUT2D eigenvalue weighted by atomic mass is 35.5. The first-order valence-corrected chi connectivity index (χ1v) is 12.3. The lowest BCUT2D eigenvalue weighted by molar-refractivity contribution is -0.160. The summed E-state index contributed by atoms with van der Waals surface area (Å²) in [6.45, 7) is 7.10. The van der Waals surface area contributed by atoms with Crippen LogP contribution in [0.2, 0.25) is 10.0 Å². The molecule has 5 nitrogen and oxygen atoms in total. The minimum Gasteiger partial charge on any atom is -0.478 e. The van der Waals surface area contributed by atoms with Gasteiger partial charge in [0, 0.05) is 29.0 Å². The molecule has 1 aliphatic heterocycles. The molecule has 176 valence electrons. The van der Waals surface area contributed by atoms with E-state index in [9.17, 15) is 9.59 Å². The number of halogens is 2. The Bertz CT molecular complexity index is 1060. The predicted octanol–water partition coefficient (Wildman–Crippen LogP) is 6.80. The van der Waals surface area contributed by atoms with Crippen molar-refractivity contribution in [3.63, 3.8) is 0 Å². The molecule has 3 rings (SSSR count). The first-order chi connectivity index (χ1) is 15.5. The van der Waals surface area contributed by atoms with Crippen molar-refractivity contribution in [2.24, 2.45) is 5.92 Å². The van der Waals surface area contributed by atoms with Crippen LogP contribution in [0.3, 0.4) is 0 Å². The molecule has 2 aromatic carbocycles. The predicted molar refractivity (Wildman–Crippen MR) is 134 cm³/mol. The molecule has 1 unspecified atom stereocenters. The summed E-state index contributed by atoms with van der Waals surface area (Å²) in [7, 11) is 0. The second-order valence-electron chi connectivity index (χ2n) is 8.84. The van der Waals surface area contributed by atoms with E-state index in [-0.39, 0.29) is 11.9 Å². The lowest BCUT2D eigenvalue weighted by Crippen LogP contribution is -2.41. The Hall–Kier alpha value is -2.15. The van der Waals surface area contributed by atoms with E-state index in [2.05, 4.69) is 4.90 Å². The van der Waals surface area contributed by atoms with E-state index in [0.717, 1.165) is 40.9 Å². The van der Waals surface area contributed by atoms with E-state index >= 15 is 0 Å². The first kappa shape index (κ1) is 25.5. The summed E-state index contributed by atoms with van der Waals surface area (Å²) in [6.07, 6.45) is 4.16. The van der Waals surface area contributed by atoms with Crippen LogP contribution < -0.4 is 4.90 Å². The lowest BCUT2D eigenvalue weighted by atomic mass is 9.97. The van der Waals surface area contributed by atoms with Crippen LogP contribution in [0.15, 0.2) is 52.3 Å². The van der Waals surface area contributed by atoms with Crippen LogP contribution in [0.4, 0.5) is 5.69 Å². The first-order valence-electron chi connectivity index (χ1n) is 10.7. The number of anilines is 1. The van der Waals surface area contributed by atoms with Gasteiger partial charge in [-0.05, 0) is 63.5 Å². The Balaban J connectivity index is 1.82. The molecule has 33 heavy (non-hydrogen) atoms. The van der Waals surface area contributed by atoms with E-state index in [0.29, 0.717) is 22.2 Å². The molecule has 1 aliphatic rings. The van der Waals surface area contributed by atoms with Gasteiger partial charge in [-0.25, -0.2) is 4.79 Å². The maximum absolute atomic E-state index is 12.6. The fourth-order valence-corrected chi connectivity index (χ4v) is 5.20. The van der Waals surface area contributed by atoms with Crippen molar-refractivity contribution in [2.75, 3.05) is 18.0 Å². The van der Waals surface area contributed by atoms with Gasteiger partial charge in [-0.1, -0.05) is 53.2 Å². The van der Waals surface area contributed by atoms with Crippen LogP contribution in [0, 0.1) is 5.92 Å². The fraction of sp³-hybridized carbons (Fsp3) is 0.360. The van der Waals surface area contributed by atoms with Gasteiger partial charge in [0.2, 0.25) is 0 Å². The van der Waals surface area contributed by atoms with E-state index in [1.54, 1.807) is 6.07 Å². The second-order valence-corrected chi connectivity index (χ2v) is 10.7. The van der Waals surface area contributed by atoms with Gasteiger partial charge in [-0.2, -0.15) is 0 Å². The van der Waals surface area contributed by atoms with Gasteiger partial charge >= 0.3 is 11.9 Å². The molecular formula is C25H27Cl2NO4S. The third kappa shape index (κ3) is 6.92. The standard InChI is InChI=1S/C25H27Cl2NO4S/c1-25(2,3)32-24(31)17-7-6-14-28(15-17)18-8-4-5-9-19(18)33-20-12-10-16(11-13-21(29)30)22(26)23(20)27/h4-5,8-13,17H,6-7,14-15H2,1-3H3,(H,29,30)/b13-11+. The summed E-state index contributed by atoms with van der Waals surface area (Å²) >= 11 is 14.4. The lowest BCUT2D eigenvalue weighted by Gasteiger charge is -2.35. The Labute approximate surface area is 208 Å². The van der Waals surface area contributed by atoms with Crippen LogP contribution in [0.5, 0.6) is 0 Å². The van der Waals surface area contributed by atoms with Crippen molar-refractivity contribution in [3.8, 4) is 0 Å². The van der Waals surface area contributed by atoms with Crippen molar-refractivity contribution >= 4 is 58.7 Å². The van der Waals surface area contributed by atoms with Crippen molar-refractivity contribution in [1.82, 2.24) is 0 Å². The van der Waals surface area contributed by atoms with Gasteiger partial charge < -0.3 is 14.7 Å². The van der Waals surface area contributed by atoms with Crippen LogP contribution >= 0.6 is 35.0 Å². The number of ether oxygens (including phenoxy) is 1. The number of carboxylic acid groups (broad SMARTS) is 1. The molecule has 1 atom stereocenters. The van der Waals surface area contributed by atoms with Gasteiger partial charge in [0.15, 0.2) is 0 Å². The zero-order chi connectivity index (χ0) is 24.2. The molecule has 1 N–H and O–H groups in total. The molecule has 0 amide bonds. The Morgan fingerprint density at radius 2 is 1.85 bits per heavy atom. The summed E-state index contributed by atoms with van der Waals surface area (Å²) in [5.41, 5.74) is 1.06. The number of para-hydroxylation sites is 1.